The molecule has 0 bridgehead atoms. The highest BCUT2D eigenvalue weighted by molar-refractivity contribution is 7.16. The molecule has 0 aliphatic carbocycles. The zero-order valence-electron chi connectivity index (χ0n) is 12.7. The Hall–Kier alpha value is -2.31. The maximum absolute atomic E-state index is 13.3. The quantitative estimate of drug-likeness (QED) is 0.648. The van der Waals surface area contributed by atoms with E-state index in [1.807, 2.05) is 19.1 Å². The molecule has 1 N–H and O–H groups in total. The lowest BCUT2D eigenvalue weighted by molar-refractivity contribution is 0.0697. The number of hydrogen-bond acceptors (Lipinski definition) is 4. The minimum absolute atomic E-state index is 0.0554. The Morgan fingerprint density at radius 1 is 1.21 bits per heavy atom. The molecule has 0 unspecified atom stereocenters. The standard InChI is InChI=1S/C18H13FO3S2/c1-10-5-6-15(24-10)13-9-23-16(17(13)18(21)22)8-14(20)11-3-2-4-12(19)7-11/h2-7,9H,8H2,1H3,(H,21,22). The SMILES string of the molecule is Cc1ccc(-c2csc(CC(=O)c3cccc(F)c3)c2C(=O)O)s1. The molecule has 3 aromatic rings. The molecular weight excluding hydrogens is 347 g/mol. The molecule has 1 aromatic carbocycles. The summed E-state index contributed by atoms with van der Waals surface area (Å²) in [7, 11) is 0. The molecule has 2 aromatic heterocycles. The van der Waals surface area contributed by atoms with Crippen molar-refractivity contribution in [2.75, 3.05) is 0 Å². The van der Waals surface area contributed by atoms with Gasteiger partial charge in [-0.15, -0.1) is 22.7 Å². The lowest BCUT2D eigenvalue weighted by Crippen LogP contribution is -2.07. The molecule has 0 atom stereocenters. The lowest BCUT2D eigenvalue weighted by atomic mass is 10.0. The summed E-state index contributed by atoms with van der Waals surface area (Å²) >= 11 is 2.76. The van der Waals surface area contributed by atoms with E-state index in [1.165, 1.54) is 46.9 Å². The van der Waals surface area contributed by atoms with Crippen LogP contribution in [0.5, 0.6) is 0 Å². The van der Waals surface area contributed by atoms with Crippen LogP contribution in [0.3, 0.4) is 0 Å². The highest BCUT2D eigenvalue weighted by Gasteiger charge is 2.22. The van der Waals surface area contributed by atoms with Crippen molar-refractivity contribution < 1.29 is 19.1 Å². The summed E-state index contributed by atoms with van der Waals surface area (Å²) in [6.45, 7) is 1.95. The average Bonchev–Trinajstić information content (AvgIpc) is 3.13. The van der Waals surface area contributed by atoms with Crippen LogP contribution >= 0.6 is 22.7 Å². The van der Waals surface area contributed by atoms with Crippen LogP contribution in [-0.2, 0) is 6.42 Å². The fourth-order valence-corrected chi connectivity index (χ4v) is 4.43. The summed E-state index contributed by atoms with van der Waals surface area (Å²) in [4.78, 5) is 26.5. The molecule has 0 spiro atoms. The normalized spacial score (nSPS) is 10.8. The van der Waals surface area contributed by atoms with E-state index < -0.39 is 11.8 Å². The second-order valence-electron chi connectivity index (χ2n) is 5.27. The van der Waals surface area contributed by atoms with Gasteiger partial charge in [0.2, 0.25) is 0 Å². The summed E-state index contributed by atoms with van der Waals surface area (Å²) in [5, 5.41) is 11.3. The van der Waals surface area contributed by atoms with Crippen molar-refractivity contribution in [3.8, 4) is 10.4 Å². The van der Waals surface area contributed by atoms with Gasteiger partial charge in [-0.1, -0.05) is 12.1 Å². The van der Waals surface area contributed by atoms with E-state index in [-0.39, 0.29) is 23.3 Å². The van der Waals surface area contributed by atoms with Crippen molar-refractivity contribution in [1.82, 2.24) is 0 Å². The van der Waals surface area contributed by atoms with Crippen LogP contribution in [0.1, 0.15) is 30.5 Å². The molecule has 0 aliphatic rings. The van der Waals surface area contributed by atoms with Crippen LogP contribution in [0, 0.1) is 12.7 Å². The summed E-state index contributed by atoms with van der Waals surface area (Å²) in [5.41, 5.74) is 1.03. The van der Waals surface area contributed by atoms with Gasteiger partial charge in [-0.05, 0) is 31.2 Å². The molecule has 0 radical (unpaired) electrons. The Kier molecular flexibility index (Phi) is 4.59. The number of carbonyl (C=O) groups excluding carboxylic acids is 1. The number of ketones is 1. The Bertz CT molecular complexity index is 924. The number of Topliss-reactive ketones (excluding diaryl/α,β-unsaturated/α-hetero) is 1. The van der Waals surface area contributed by atoms with Crippen molar-refractivity contribution in [1.29, 1.82) is 0 Å². The molecule has 0 saturated carbocycles. The largest absolute Gasteiger partial charge is 0.478 e. The first-order valence-electron chi connectivity index (χ1n) is 7.15. The number of benzene rings is 1. The molecule has 3 nitrogen and oxygen atoms in total. The smallest absolute Gasteiger partial charge is 0.337 e. The van der Waals surface area contributed by atoms with Gasteiger partial charge in [0.15, 0.2) is 5.78 Å². The molecule has 3 rings (SSSR count). The van der Waals surface area contributed by atoms with Crippen LogP contribution < -0.4 is 0 Å². The van der Waals surface area contributed by atoms with Crippen molar-refractivity contribution in [2.24, 2.45) is 0 Å². The number of carbonyl (C=O) groups is 2. The third-order valence-corrected chi connectivity index (χ3v) is 5.58. The molecule has 122 valence electrons. The highest BCUT2D eigenvalue weighted by atomic mass is 32.1. The van der Waals surface area contributed by atoms with Gasteiger partial charge in [-0.2, -0.15) is 0 Å². The number of halogens is 1. The number of rotatable bonds is 5. The van der Waals surface area contributed by atoms with Crippen LogP contribution in [0.4, 0.5) is 4.39 Å². The first-order valence-corrected chi connectivity index (χ1v) is 8.84. The number of aromatic carboxylic acids is 1. The van der Waals surface area contributed by atoms with Gasteiger partial charge in [0, 0.05) is 37.6 Å². The van der Waals surface area contributed by atoms with E-state index in [2.05, 4.69) is 0 Å². The van der Waals surface area contributed by atoms with Gasteiger partial charge in [-0.25, -0.2) is 9.18 Å². The number of aryl methyl sites for hydroxylation is 1. The van der Waals surface area contributed by atoms with Gasteiger partial charge >= 0.3 is 5.97 Å². The molecule has 6 heteroatoms. The minimum atomic E-state index is -1.06. The highest BCUT2D eigenvalue weighted by Crippen LogP contribution is 2.36. The first-order chi connectivity index (χ1) is 11.5. The van der Waals surface area contributed by atoms with E-state index in [1.54, 1.807) is 5.38 Å². The Morgan fingerprint density at radius 3 is 2.62 bits per heavy atom. The molecule has 0 aliphatic heterocycles. The van der Waals surface area contributed by atoms with Gasteiger partial charge in [0.05, 0.1) is 5.56 Å². The first kappa shape index (κ1) is 16.5. The third-order valence-electron chi connectivity index (χ3n) is 3.55. The van der Waals surface area contributed by atoms with E-state index >= 15 is 0 Å². The summed E-state index contributed by atoms with van der Waals surface area (Å²) < 4.78 is 13.3. The predicted molar refractivity (Wildman–Crippen MR) is 93.8 cm³/mol. The lowest BCUT2D eigenvalue weighted by Gasteiger charge is -2.03. The molecule has 24 heavy (non-hydrogen) atoms. The van der Waals surface area contributed by atoms with Gasteiger partial charge in [0.25, 0.3) is 0 Å². The van der Waals surface area contributed by atoms with E-state index in [0.29, 0.717) is 10.4 Å². The second-order valence-corrected chi connectivity index (χ2v) is 7.53. The van der Waals surface area contributed by atoms with Crippen LogP contribution in [-0.4, -0.2) is 16.9 Å². The minimum Gasteiger partial charge on any atom is -0.478 e. The summed E-state index contributed by atoms with van der Waals surface area (Å²) in [6.07, 6.45) is -0.0554. The van der Waals surface area contributed by atoms with Crippen molar-refractivity contribution in [3.63, 3.8) is 0 Å². The molecule has 0 saturated heterocycles. The Morgan fingerprint density at radius 2 is 2.00 bits per heavy atom. The van der Waals surface area contributed by atoms with E-state index in [9.17, 15) is 19.1 Å². The maximum atomic E-state index is 13.3. The fourth-order valence-electron chi connectivity index (χ4n) is 2.43. The predicted octanol–water partition coefficient (Wildman–Crippen LogP) is 5.05. The average molecular weight is 360 g/mol. The number of carboxylic acid groups (broad SMARTS) is 1. The zero-order valence-corrected chi connectivity index (χ0v) is 14.3. The number of carboxylic acids is 1. The molecule has 0 amide bonds. The van der Waals surface area contributed by atoms with Crippen LogP contribution in [0.25, 0.3) is 10.4 Å². The zero-order chi connectivity index (χ0) is 17.3. The van der Waals surface area contributed by atoms with Gasteiger partial charge in [0.1, 0.15) is 5.82 Å². The number of thiophene rings is 2. The van der Waals surface area contributed by atoms with Gasteiger partial charge in [-0.3, -0.25) is 4.79 Å². The summed E-state index contributed by atoms with van der Waals surface area (Å²) in [5.74, 6) is -1.84. The Labute approximate surface area is 146 Å². The number of hydrogen-bond donors (Lipinski definition) is 1. The molecular formula is C18H13FO3S2. The fraction of sp³-hybridized carbons (Fsp3) is 0.111. The van der Waals surface area contributed by atoms with Crippen LogP contribution in [0.15, 0.2) is 41.8 Å². The molecule has 2 heterocycles. The topological polar surface area (TPSA) is 54.4 Å². The monoisotopic (exact) mass is 360 g/mol. The summed E-state index contributed by atoms with van der Waals surface area (Å²) in [6, 6.07) is 9.24. The maximum Gasteiger partial charge on any atom is 0.337 e. The van der Waals surface area contributed by atoms with Crippen molar-refractivity contribution >= 4 is 34.4 Å². The Balaban J connectivity index is 1.95. The second kappa shape index (κ2) is 6.67. The van der Waals surface area contributed by atoms with Crippen molar-refractivity contribution in [3.05, 3.63) is 68.5 Å². The van der Waals surface area contributed by atoms with Gasteiger partial charge < -0.3 is 5.11 Å². The molecule has 0 fully saturated rings. The van der Waals surface area contributed by atoms with E-state index in [4.69, 9.17) is 0 Å². The van der Waals surface area contributed by atoms with E-state index in [0.717, 1.165) is 9.75 Å². The third kappa shape index (κ3) is 3.29. The van der Waals surface area contributed by atoms with Crippen molar-refractivity contribution in [2.45, 2.75) is 13.3 Å². The van der Waals surface area contributed by atoms with Crippen LogP contribution in [0.2, 0.25) is 0 Å².